The Morgan fingerprint density at radius 2 is 1.46 bits per heavy atom. The molecule has 0 fully saturated rings. The molecule has 1 aliphatic heterocycles. The maximum atomic E-state index is 6.57. The summed E-state index contributed by atoms with van der Waals surface area (Å²) < 4.78 is 0. The summed E-state index contributed by atoms with van der Waals surface area (Å²) in [5, 5.41) is 0.845. The smallest absolute Gasteiger partial charge is 0.0622 e. The fourth-order valence-electron chi connectivity index (χ4n) is 3.67. The first-order valence-corrected chi connectivity index (χ1v) is 8.81. The minimum atomic E-state index is 0.212. The van der Waals surface area contributed by atoms with E-state index in [1.807, 2.05) is 12.1 Å². The van der Waals surface area contributed by atoms with Crippen molar-refractivity contribution in [2.75, 3.05) is 6.54 Å². The Morgan fingerprint density at radius 3 is 2.25 bits per heavy atom. The number of halogens is 1. The molecule has 24 heavy (non-hydrogen) atoms. The molecule has 3 aromatic carbocycles. The molecule has 1 aliphatic rings. The molecule has 1 unspecified atom stereocenters. The molecule has 0 radical (unpaired) electrons. The summed E-state index contributed by atoms with van der Waals surface area (Å²) in [7, 11) is 0. The van der Waals surface area contributed by atoms with Gasteiger partial charge in [-0.25, -0.2) is 0 Å². The Hall–Kier alpha value is -2.09. The van der Waals surface area contributed by atoms with E-state index in [1.54, 1.807) is 0 Å². The predicted octanol–water partition coefficient (Wildman–Crippen LogP) is 5.49. The van der Waals surface area contributed by atoms with Crippen LogP contribution in [0.1, 0.15) is 28.3 Å². The quantitative estimate of drug-likeness (QED) is 0.612. The van der Waals surface area contributed by atoms with Crippen molar-refractivity contribution >= 4 is 11.6 Å². The molecule has 2 heteroatoms. The lowest BCUT2D eigenvalue weighted by molar-refractivity contribution is 0.204. The predicted molar refractivity (Wildman–Crippen MR) is 100 cm³/mol. The first-order chi connectivity index (χ1) is 11.8. The number of fused-ring (bicyclic) bond motifs is 1. The molecule has 4 rings (SSSR count). The molecular weight excluding hydrogens is 314 g/mol. The van der Waals surface area contributed by atoms with Crippen molar-refractivity contribution in [2.24, 2.45) is 0 Å². The number of nitrogens with zero attached hydrogens (tertiary/aromatic N) is 1. The zero-order chi connectivity index (χ0) is 16.4. The minimum absolute atomic E-state index is 0.212. The number of hydrogen-bond acceptors (Lipinski definition) is 1. The second kappa shape index (κ2) is 6.80. The summed E-state index contributed by atoms with van der Waals surface area (Å²) in [6.07, 6.45) is 1.09. The Morgan fingerprint density at radius 1 is 0.792 bits per heavy atom. The van der Waals surface area contributed by atoms with Crippen LogP contribution >= 0.6 is 11.6 Å². The van der Waals surface area contributed by atoms with E-state index < -0.39 is 0 Å². The van der Waals surface area contributed by atoms with Gasteiger partial charge in [0.2, 0.25) is 0 Å². The zero-order valence-electron chi connectivity index (χ0n) is 13.5. The zero-order valence-corrected chi connectivity index (χ0v) is 14.3. The van der Waals surface area contributed by atoms with Crippen LogP contribution in [0.2, 0.25) is 5.02 Å². The van der Waals surface area contributed by atoms with E-state index in [-0.39, 0.29) is 6.04 Å². The molecule has 1 nitrogen and oxygen atoms in total. The van der Waals surface area contributed by atoms with Gasteiger partial charge in [-0.1, -0.05) is 84.4 Å². The van der Waals surface area contributed by atoms with Crippen LogP contribution in [0.3, 0.4) is 0 Å². The monoisotopic (exact) mass is 333 g/mol. The Labute approximate surface area is 148 Å². The van der Waals surface area contributed by atoms with E-state index in [4.69, 9.17) is 11.6 Å². The average Bonchev–Trinajstić information content (AvgIpc) is 2.63. The van der Waals surface area contributed by atoms with Crippen LogP contribution < -0.4 is 0 Å². The standard InChI is InChI=1S/C22H20ClN/c23-21-13-7-6-12-20(21)22-19-11-5-4-10-18(19)14-15-24(22)16-17-8-2-1-3-9-17/h1-13,22H,14-16H2. The normalized spacial score (nSPS) is 17.5. The topological polar surface area (TPSA) is 3.24 Å². The van der Waals surface area contributed by atoms with Crippen LogP contribution in [-0.4, -0.2) is 11.4 Å². The van der Waals surface area contributed by atoms with Crippen molar-refractivity contribution in [1.29, 1.82) is 0 Å². The lowest BCUT2D eigenvalue weighted by Crippen LogP contribution is -2.35. The molecule has 1 atom stereocenters. The average molecular weight is 334 g/mol. The number of hydrogen-bond donors (Lipinski definition) is 0. The maximum absolute atomic E-state index is 6.57. The fraction of sp³-hybridized carbons (Fsp3) is 0.182. The van der Waals surface area contributed by atoms with Gasteiger partial charge in [0.15, 0.2) is 0 Å². The molecule has 3 aromatic rings. The third-order valence-corrected chi connectivity index (χ3v) is 5.16. The largest absolute Gasteiger partial charge is 0.288 e. The van der Waals surface area contributed by atoms with E-state index >= 15 is 0 Å². The van der Waals surface area contributed by atoms with Gasteiger partial charge in [0.1, 0.15) is 0 Å². The summed E-state index contributed by atoms with van der Waals surface area (Å²) in [6, 6.07) is 27.9. The van der Waals surface area contributed by atoms with Gasteiger partial charge in [0, 0.05) is 18.1 Å². The lowest BCUT2D eigenvalue weighted by Gasteiger charge is -2.38. The highest BCUT2D eigenvalue weighted by atomic mass is 35.5. The molecule has 0 saturated carbocycles. The van der Waals surface area contributed by atoms with Crippen molar-refractivity contribution in [3.8, 4) is 0 Å². The van der Waals surface area contributed by atoms with Crippen molar-refractivity contribution in [3.05, 3.63) is 106 Å². The Balaban J connectivity index is 1.77. The van der Waals surface area contributed by atoms with Gasteiger partial charge in [0.05, 0.1) is 6.04 Å². The lowest BCUT2D eigenvalue weighted by atomic mass is 9.88. The van der Waals surface area contributed by atoms with E-state index in [0.29, 0.717) is 0 Å². The van der Waals surface area contributed by atoms with E-state index in [9.17, 15) is 0 Å². The summed E-state index contributed by atoms with van der Waals surface area (Å²) >= 11 is 6.57. The summed E-state index contributed by atoms with van der Waals surface area (Å²) in [4.78, 5) is 2.54. The van der Waals surface area contributed by atoms with Crippen LogP contribution in [0, 0.1) is 0 Å². The highest BCUT2D eigenvalue weighted by molar-refractivity contribution is 6.31. The van der Waals surface area contributed by atoms with E-state index in [0.717, 1.165) is 24.5 Å². The third-order valence-electron chi connectivity index (χ3n) is 4.81. The van der Waals surface area contributed by atoms with Gasteiger partial charge in [-0.3, -0.25) is 4.90 Å². The van der Waals surface area contributed by atoms with Gasteiger partial charge in [-0.15, -0.1) is 0 Å². The molecule has 0 aromatic heterocycles. The maximum Gasteiger partial charge on any atom is 0.0622 e. The molecule has 0 saturated heterocycles. The van der Waals surface area contributed by atoms with Crippen LogP contribution in [-0.2, 0) is 13.0 Å². The van der Waals surface area contributed by atoms with Crippen LogP contribution in [0.25, 0.3) is 0 Å². The van der Waals surface area contributed by atoms with Crippen molar-refractivity contribution in [1.82, 2.24) is 4.90 Å². The summed E-state index contributed by atoms with van der Waals surface area (Å²) in [5.41, 5.74) is 5.36. The molecule has 0 N–H and O–H groups in total. The van der Waals surface area contributed by atoms with Gasteiger partial charge in [-0.05, 0) is 34.7 Å². The first-order valence-electron chi connectivity index (χ1n) is 8.43. The van der Waals surface area contributed by atoms with Crippen molar-refractivity contribution in [3.63, 3.8) is 0 Å². The van der Waals surface area contributed by atoms with Crippen molar-refractivity contribution in [2.45, 2.75) is 19.0 Å². The molecule has 0 spiro atoms. The van der Waals surface area contributed by atoms with E-state index in [1.165, 1.54) is 22.3 Å². The highest BCUT2D eigenvalue weighted by Gasteiger charge is 2.29. The molecular formula is C22H20ClN. The summed E-state index contributed by atoms with van der Waals surface area (Å²) in [6.45, 7) is 1.98. The molecule has 0 bridgehead atoms. The van der Waals surface area contributed by atoms with Crippen LogP contribution in [0.15, 0.2) is 78.9 Å². The fourth-order valence-corrected chi connectivity index (χ4v) is 3.91. The van der Waals surface area contributed by atoms with Crippen molar-refractivity contribution < 1.29 is 0 Å². The molecule has 1 heterocycles. The second-order valence-electron chi connectivity index (χ2n) is 6.33. The third kappa shape index (κ3) is 2.98. The van der Waals surface area contributed by atoms with Crippen LogP contribution in [0.4, 0.5) is 0 Å². The van der Waals surface area contributed by atoms with Crippen LogP contribution in [0.5, 0.6) is 0 Å². The molecule has 0 amide bonds. The van der Waals surface area contributed by atoms with Gasteiger partial charge >= 0.3 is 0 Å². The second-order valence-corrected chi connectivity index (χ2v) is 6.74. The number of benzene rings is 3. The molecule has 120 valence electrons. The molecule has 0 aliphatic carbocycles. The van der Waals surface area contributed by atoms with E-state index in [2.05, 4.69) is 71.6 Å². The Bertz CT molecular complexity index is 828. The first kappa shape index (κ1) is 15.4. The summed E-state index contributed by atoms with van der Waals surface area (Å²) in [5.74, 6) is 0. The number of rotatable bonds is 3. The van der Waals surface area contributed by atoms with Gasteiger partial charge < -0.3 is 0 Å². The SMILES string of the molecule is Clc1ccccc1C1c2ccccc2CCN1Cc1ccccc1. The Kier molecular flexibility index (Phi) is 4.38. The minimum Gasteiger partial charge on any atom is -0.288 e. The van der Waals surface area contributed by atoms with Gasteiger partial charge in [0.25, 0.3) is 0 Å². The van der Waals surface area contributed by atoms with Gasteiger partial charge in [-0.2, -0.15) is 0 Å². The highest BCUT2D eigenvalue weighted by Crippen LogP contribution is 2.38.